The zero-order chi connectivity index (χ0) is 13.9. The van der Waals surface area contributed by atoms with E-state index in [1.807, 2.05) is 37.3 Å². The molecule has 2 aromatic heterocycles. The molecule has 7 nitrogen and oxygen atoms in total. The zero-order valence-electron chi connectivity index (χ0n) is 11.0. The van der Waals surface area contributed by atoms with E-state index in [-0.39, 0.29) is 11.5 Å². The molecule has 0 fully saturated rings. The van der Waals surface area contributed by atoms with Crippen molar-refractivity contribution in [2.24, 2.45) is 0 Å². The van der Waals surface area contributed by atoms with Crippen LogP contribution >= 0.6 is 0 Å². The maximum Gasteiger partial charge on any atom is 0.352 e. The third-order valence-corrected chi connectivity index (χ3v) is 2.79. The van der Waals surface area contributed by atoms with Gasteiger partial charge in [0.1, 0.15) is 0 Å². The van der Waals surface area contributed by atoms with E-state index < -0.39 is 0 Å². The molecular formula is C13H14N6O. The summed E-state index contributed by atoms with van der Waals surface area (Å²) < 4.78 is 1.17. The Bertz CT molecular complexity index is 776. The molecule has 20 heavy (non-hydrogen) atoms. The molecule has 0 saturated carbocycles. The standard InChI is InChI=1S/C13H14N6O/c1-2-8-14-11-16-12-15-10(9-6-4-3-5-7-9)18-19(12)13(20)17-11/h3-7H,2,8H2,1H3,(H2,14,15,16,17,18,20). The van der Waals surface area contributed by atoms with Crippen molar-refractivity contribution < 1.29 is 0 Å². The average Bonchev–Trinajstić information content (AvgIpc) is 2.91. The molecule has 0 saturated heterocycles. The van der Waals surface area contributed by atoms with E-state index in [1.54, 1.807) is 0 Å². The minimum Gasteiger partial charge on any atom is -0.356 e. The van der Waals surface area contributed by atoms with E-state index in [9.17, 15) is 4.79 Å². The second kappa shape index (κ2) is 5.12. The normalized spacial score (nSPS) is 10.8. The SMILES string of the molecule is CCCNc1nc2nc(-c3ccccc3)nn2c(=O)[nH]1. The smallest absolute Gasteiger partial charge is 0.352 e. The number of anilines is 1. The van der Waals surface area contributed by atoms with Gasteiger partial charge >= 0.3 is 5.69 Å². The largest absolute Gasteiger partial charge is 0.356 e. The quantitative estimate of drug-likeness (QED) is 0.746. The number of rotatable bonds is 4. The molecule has 0 bridgehead atoms. The summed E-state index contributed by atoms with van der Waals surface area (Å²) in [5.74, 6) is 1.18. The Balaban J connectivity index is 2.07. The summed E-state index contributed by atoms with van der Waals surface area (Å²) >= 11 is 0. The maximum absolute atomic E-state index is 11.9. The fourth-order valence-corrected chi connectivity index (χ4v) is 1.83. The lowest BCUT2D eigenvalue weighted by atomic mass is 10.2. The summed E-state index contributed by atoms with van der Waals surface area (Å²) in [7, 11) is 0. The van der Waals surface area contributed by atoms with Crippen LogP contribution in [0.15, 0.2) is 35.1 Å². The number of nitrogens with one attached hydrogen (secondary N) is 2. The van der Waals surface area contributed by atoms with Crippen molar-refractivity contribution in [3.63, 3.8) is 0 Å². The van der Waals surface area contributed by atoms with Gasteiger partial charge in [-0.1, -0.05) is 37.3 Å². The van der Waals surface area contributed by atoms with E-state index >= 15 is 0 Å². The molecule has 0 aliphatic carbocycles. The molecule has 0 radical (unpaired) electrons. The number of nitrogens with zero attached hydrogens (tertiary/aromatic N) is 4. The summed E-state index contributed by atoms with van der Waals surface area (Å²) in [4.78, 5) is 23.1. The van der Waals surface area contributed by atoms with Crippen LogP contribution in [0.3, 0.4) is 0 Å². The fourth-order valence-electron chi connectivity index (χ4n) is 1.83. The van der Waals surface area contributed by atoms with Gasteiger partial charge < -0.3 is 5.32 Å². The first-order valence-electron chi connectivity index (χ1n) is 6.44. The predicted molar refractivity (Wildman–Crippen MR) is 75.6 cm³/mol. The van der Waals surface area contributed by atoms with Crippen LogP contribution in [-0.2, 0) is 0 Å². The Morgan fingerprint density at radius 3 is 2.80 bits per heavy atom. The van der Waals surface area contributed by atoms with Gasteiger partial charge in [-0.3, -0.25) is 4.98 Å². The Kier molecular flexibility index (Phi) is 3.16. The van der Waals surface area contributed by atoms with Crippen LogP contribution in [0.25, 0.3) is 17.2 Å². The first-order valence-corrected chi connectivity index (χ1v) is 6.44. The molecular weight excluding hydrogens is 256 g/mol. The van der Waals surface area contributed by atoms with Gasteiger partial charge in [-0.05, 0) is 6.42 Å². The van der Waals surface area contributed by atoms with Crippen molar-refractivity contribution in [1.29, 1.82) is 0 Å². The molecule has 3 aromatic rings. The highest BCUT2D eigenvalue weighted by Crippen LogP contribution is 2.14. The number of hydrogen-bond donors (Lipinski definition) is 2. The Morgan fingerprint density at radius 1 is 1.25 bits per heavy atom. The summed E-state index contributed by atoms with van der Waals surface area (Å²) in [5, 5.41) is 7.20. The van der Waals surface area contributed by atoms with Gasteiger partial charge in [0.25, 0.3) is 5.78 Å². The second-order valence-corrected chi connectivity index (χ2v) is 4.33. The lowest BCUT2D eigenvalue weighted by Gasteiger charge is -2.01. The monoisotopic (exact) mass is 270 g/mol. The Morgan fingerprint density at radius 2 is 2.05 bits per heavy atom. The van der Waals surface area contributed by atoms with Gasteiger partial charge in [0.05, 0.1) is 0 Å². The molecule has 0 atom stereocenters. The number of aromatic amines is 1. The minimum absolute atomic E-state index is 0.284. The van der Waals surface area contributed by atoms with E-state index in [0.29, 0.717) is 11.8 Å². The highest BCUT2D eigenvalue weighted by molar-refractivity contribution is 5.56. The van der Waals surface area contributed by atoms with Gasteiger partial charge in [-0.25, -0.2) is 4.79 Å². The number of hydrogen-bond acceptors (Lipinski definition) is 5. The Labute approximate surface area is 114 Å². The Hall–Kier alpha value is -2.70. The van der Waals surface area contributed by atoms with Gasteiger partial charge in [-0.2, -0.15) is 9.97 Å². The minimum atomic E-state index is -0.358. The number of aromatic nitrogens is 5. The molecule has 2 heterocycles. The molecule has 0 aliphatic rings. The van der Waals surface area contributed by atoms with Crippen LogP contribution in [0.2, 0.25) is 0 Å². The van der Waals surface area contributed by atoms with Gasteiger partial charge in [0.15, 0.2) is 5.82 Å². The first kappa shape index (κ1) is 12.3. The summed E-state index contributed by atoms with van der Waals surface area (Å²) in [6.45, 7) is 2.77. The number of H-pyrrole nitrogens is 1. The van der Waals surface area contributed by atoms with Crippen molar-refractivity contribution in [1.82, 2.24) is 24.6 Å². The maximum atomic E-state index is 11.9. The molecule has 7 heteroatoms. The predicted octanol–water partition coefficient (Wildman–Crippen LogP) is 1.30. The number of benzene rings is 1. The lowest BCUT2D eigenvalue weighted by molar-refractivity contribution is 0.835. The summed E-state index contributed by atoms with van der Waals surface area (Å²) in [5.41, 5.74) is 0.490. The van der Waals surface area contributed by atoms with E-state index in [2.05, 4.69) is 25.4 Å². The third kappa shape index (κ3) is 2.25. The molecule has 0 spiro atoms. The van der Waals surface area contributed by atoms with Crippen molar-refractivity contribution in [3.05, 3.63) is 40.8 Å². The van der Waals surface area contributed by atoms with Gasteiger partial charge in [0, 0.05) is 12.1 Å². The molecule has 1 aromatic carbocycles. The molecule has 0 unspecified atom stereocenters. The average molecular weight is 270 g/mol. The second-order valence-electron chi connectivity index (χ2n) is 4.33. The first-order chi connectivity index (χ1) is 9.78. The van der Waals surface area contributed by atoms with Crippen molar-refractivity contribution in [3.8, 4) is 11.4 Å². The fraction of sp³-hybridized carbons (Fsp3) is 0.231. The van der Waals surface area contributed by atoms with Crippen LogP contribution < -0.4 is 11.0 Å². The summed E-state index contributed by atoms with van der Waals surface area (Å²) in [6.07, 6.45) is 0.941. The lowest BCUT2D eigenvalue weighted by Crippen LogP contribution is -2.21. The topological polar surface area (TPSA) is 88.0 Å². The van der Waals surface area contributed by atoms with Crippen molar-refractivity contribution in [2.45, 2.75) is 13.3 Å². The van der Waals surface area contributed by atoms with Crippen LogP contribution in [0, 0.1) is 0 Å². The highest BCUT2D eigenvalue weighted by Gasteiger charge is 2.10. The molecule has 0 aliphatic heterocycles. The van der Waals surface area contributed by atoms with Crippen LogP contribution in [0.4, 0.5) is 5.95 Å². The van der Waals surface area contributed by atoms with Crippen molar-refractivity contribution >= 4 is 11.7 Å². The van der Waals surface area contributed by atoms with Crippen LogP contribution in [-0.4, -0.2) is 31.1 Å². The van der Waals surface area contributed by atoms with Gasteiger partial charge in [0.2, 0.25) is 5.95 Å². The van der Waals surface area contributed by atoms with Gasteiger partial charge in [-0.15, -0.1) is 9.61 Å². The van der Waals surface area contributed by atoms with Crippen LogP contribution in [0.1, 0.15) is 13.3 Å². The molecule has 102 valence electrons. The van der Waals surface area contributed by atoms with E-state index in [0.717, 1.165) is 18.5 Å². The number of fused-ring (bicyclic) bond motifs is 1. The van der Waals surface area contributed by atoms with Crippen LogP contribution in [0.5, 0.6) is 0 Å². The molecule has 0 amide bonds. The van der Waals surface area contributed by atoms with E-state index in [4.69, 9.17) is 0 Å². The molecule has 3 rings (SSSR count). The zero-order valence-corrected chi connectivity index (χ0v) is 11.0. The van der Waals surface area contributed by atoms with E-state index in [1.165, 1.54) is 4.52 Å². The highest BCUT2D eigenvalue weighted by atomic mass is 16.1. The summed E-state index contributed by atoms with van der Waals surface area (Å²) in [6, 6.07) is 9.48. The molecule has 2 N–H and O–H groups in total. The van der Waals surface area contributed by atoms with Crippen molar-refractivity contribution in [2.75, 3.05) is 11.9 Å². The third-order valence-electron chi connectivity index (χ3n) is 2.79.